The van der Waals surface area contributed by atoms with Gasteiger partial charge in [-0.25, -0.2) is 19.0 Å². The Labute approximate surface area is 161 Å². The zero-order chi connectivity index (χ0) is 19.7. The standard InChI is InChI=1S/C19H20FN5O3/c20-13-5-6-17(21-11-13)24-9-10-25(16-4-2-1-3-15(16)24)18(26)22-14-7-8-23(12-14)19(27)28/h1-6,11,14H,7-10,12H2,(H,22,26)(H,27,28). The number of hydrogen-bond acceptors (Lipinski definition) is 4. The second-order valence-corrected chi connectivity index (χ2v) is 6.79. The average Bonchev–Trinajstić information content (AvgIpc) is 3.16. The van der Waals surface area contributed by atoms with E-state index >= 15 is 0 Å². The molecule has 8 nitrogen and oxygen atoms in total. The van der Waals surface area contributed by atoms with E-state index in [0.29, 0.717) is 38.4 Å². The number of nitrogens with one attached hydrogen (secondary N) is 1. The topological polar surface area (TPSA) is 89.0 Å². The molecule has 1 aromatic heterocycles. The molecular weight excluding hydrogens is 365 g/mol. The van der Waals surface area contributed by atoms with Gasteiger partial charge in [-0.15, -0.1) is 0 Å². The van der Waals surface area contributed by atoms with Crippen molar-refractivity contribution in [2.75, 3.05) is 36.0 Å². The highest BCUT2D eigenvalue weighted by molar-refractivity contribution is 5.97. The van der Waals surface area contributed by atoms with E-state index in [1.54, 1.807) is 11.0 Å². The lowest BCUT2D eigenvalue weighted by Crippen LogP contribution is -2.50. The van der Waals surface area contributed by atoms with Crippen molar-refractivity contribution in [3.8, 4) is 0 Å². The average molecular weight is 385 g/mol. The van der Waals surface area contributed by atoms with E-state index in [1.807, 2.05) is 29.2 Å². The molecule has 2 aromatic rings. The molecule has 3 heterocycles. The van der Waals surface area contributed by atoms with Crippen LogP contribution in [0, 0.1) is 5.82 Å². The molecule has 3 amide bonds. The van der Waals surface area contributed by atoms with Gasteiger partial charge in [-0.1, -0.05) is 12.1 Å². The summed E-state index contributed by atoms with van der Waals surface area (Å²) in [6.45, 7) is 1.65. The first-order valence-electron chi connectivity index (χ1n) is 9.07. The smallest absolute Gasteiger partial charge is 0.407 e. The summed E-state index contributed by atoms with van der Waals surface area (Å²) in [7, 11) is 0. The SMILES string of the molecule is O=C(O)N1CCC(NC(=O)N2CCN(c3ccc(F)cn3)c3ccccc32)C1. The minimum absolute atomic E-state index is 0.201. The van der Waals surface area contributed by atoms with Crippen molar-refractivity contribution in [2.24, 2.45) is 0 Å². The van der Waals surface area contributed by atoms with Crippen molar-refractivity contribution >= 4 is 29.3 Å². The molecule has 0 saturated carbocycles. The molecule has 1 atom stereocenters. The summed E-state index contributed by atoms with van der Waals surface area (Å²) in [5, 5.41) is 12.0. The fourth-order valence-corrected chi connectivity index (χ4v) is 3.64. The Morgan fingerprint density at radius 2 is 1.89 bits per heavy atom. The van der Waals surface area contributed by atoms with Gasteiger partial charge in [-0.2, -0.15) is 0 Å². The summed E-state index contributed by atoms with van der Waals surface area (Å²) in [6, 6.07) is 9.98. The Balaban J connectivity index is 1.52. The number of para-hydroxylation sites is 2. The third kappa shape index (κ3) is 3.42. The molecule has 1 unspecified atom stereocenters. The molecule has 4 rings (SSSR count). The number of pyridine rings is 1. The van der Waals surface area contributed by atoms with Crippen LogP contribution in [0.25, 0.3) is 0 Å². The lowest BCUT2D eigenvalue weighted by Gasteiger charge is -2.37. The maximum absolute atomic E-state index is 13.2. The fourth-order valence-electron chi connectivity index (χ4n) is 3.64. The highest BCUT2D eigenvalue weighted by Crippen LogP contribution is 2.36. The van der Waals surface area contributed by atoms with Crippen LogP contribution in [0.1, 0.15) is 6.42 Å². The third-order valence-electron chi connectivity index (χ3n) is 5.03. The van der Waals surface area contributed by atoms with Crippen LogP contribution in [-0.4, -0.2) is 59.3 Å². The quantitative estimate of drug-likeness (QED) is 0.830. The number of likely N-dealkylation sites (tertiary alicyclic amines) is 1. The van der Waals surface area contributed by atoms with E-state index in [9.17, 15) is 14.0 Å². The normalized spacial score (nSPS) is 18.8. The van der Waals surface area contributed by atoms with Gasteiger partial charge in [0.1, 0.15) is 11.6 Å². The third-order valence-corrected chi connectivity index (χ3v) is 5.03. The molecule has 0 aliphatic carbocycles. The number of carbonyl (C=O) groups is 2. The lowest BCUT2D eigenvalue weighted by molar-refractivity contribution is 0.154. The first-order valence-corrected chi connectivity index (χ1v) is 9.07. The van der Waals surface area contributed by atoms with Crippen molar-refractivity contribution in [2.45, 2.75) is 12.5 Å². The van der Waals surface area contributed by atoms with Crippen LogP contribution < -0.4 is 15.1 Å². The molecule has 0 spiro atoms. The van der Waals surface area contributed by atoms with Gasteiger partial charge in [0, 0.05) is 32.2 Å². The van der Waals surface area contributed by atoms with Crippen LogP contribution in [0.3, 0.4) is 0 Å². The lowest BCUT2D eigenvalue weighted by atomic mass is 10.1. The second kappa shape index (κ2) is 7.34. The number of benzene rings is 1. The summed E-state index contributed by atoms with van der Waals surface area (Å²) < 4.78 is 13.2. The number of nitrogens with zero attached hydrogens (tertiary/aromatic N) is 4. The van der Waals surface area contributed by atoms with Crippen molar-refractivity contribution in [3.05, 3.63) is 48.4 Å². The number of halogens is 1. The minimum Gasteiger partial charge on any atom is -0.465 e. The Hall–Kier alpha value is -3.36. The van der Waals surface area contributed by atoms with E-state index in [-0.39, 0.29) is 12.1 Å². The number of hydrogen-bond donors (Lipinski definition) is 2. The predicted octanol–water partition coefficient (Wildman–Crippen LogP) is 2.64. The highest BCUT2D eigenvalue weighted by Gasteiger charge is 2.32. The van der Waals surface area contributed by atoms with Crippen LogP contribution in [0.15, 0.2) is 42.6 Å². The molecule has 2 aliphatic rings. The molecule has 0 bridgehead atoms. The van der Waals surface area contributed by atoms with E-state index in [2.05, 4.69) is 10.3 Å². The van der Waals surface area contributed by atoms with Gasteiger partial charge in [0.15, 0.2) is 0 Å². The van der Waals surface area contributed by atoms with Crippen LogP contribution in [0.2, 0.25) is 0 Å². The molecule has 1 saturated heterocycles. The number of amides is 3. The molecule has 2 N–H and O–H groups in total. The molecule has 1 fully saturated rings. The van der Waals surface area contributed by atoms with Crippen LogP contribution >= 0.6 is 0 Å². The Morgan fingerprint density at radius 3 is 2.57 bits per heavy atom. The van der Waals surface area contributed by atoms with E-state index in [0.717, 1.165) is 11.4 Å². The Bertz CT molecular complexity index is 891. The first kappa shape index (κ1) is 18.0. The molecule has 9 heteroatoms. The van der Waals surface area contributed by atoms with E-state index in [1.165, 1.54) is 17.2 Å². The Kier molecular flexibility index (Phi) is 4.72. The maximum atomic E-state index is 13.2. The number of urea groups is 1. The highest BCUT2D eigenvalue weighted by atomic mass is 19.1. The van der Waals surface area contributed by atoms with Gasteiger partial charge in [0.2, 0.25) is 0 Å². The van der Waals surface area contributed by atoms with Gasteiger partial charge in [0.25, 0.3) is 0 Å². The number of fused-ring (bicyclic) bond motifs is 1. The van der Waals surface area contributed by atoms with E-state index < -0.39 is 11.9 Å². The zero-order valence-corrected chi connectivity index (χ0v) is 15.1. The van der Waals surface area contributed by atoms with Crippen LogP contribution in [0.5, 0.6) is 0 Å². The van der Waals surface area contributed by atoms with Crippen molar-refractivity contribution in [1.82, 2.24) is 15.2 Å². The number of aromatic nitrogens is 1. The summed E-state index contributed by atoms with van der Waals surface area (Å²) in [6.07, 6.45) is 0.798. The number of carbonyl (C=O) groups excluding carboxylic acids is 1. The minimum atomic E-state index is -0.970. The largest absolute Gasteiger partial charge is 0.465 e. The molecule has 146 valence electrons. The summed E-state index contributed by atoms with van der Waals surface area (Å²) in [5.41, 5.74) is 1.53. The molecule has 28 heavy (non-hydrogen) atoms. The van der Waals surface area contributed by atoms with Crippen LogP contribution in [0.4, 0.5) is 31.2 Å². The van der Waals surface area contributed by atoms with Crippen molar-refractivity contribution in [3.63, 3.8) is 0 Å². The van der Waals surface area contributed by atoms with Crippen molar-refractivity contribution < 1.29 is 19.1 Å². The molecule has 1 aromatic carbocycles. The molecule has 0 radical (unpaired) electrons. The monoisotopic (exact) mass is 385 g/mol. The number of carboxylic acid groups (broad SMARTS) is 1. The summed E-state index contributed by atoms with van der Waals surface area (Å²) >= 11 is 0. The second-order valence-electron chi connectivity index (χ2n) is 6.79. The van der Waals surface area contributed by atoms with Gasteiger partial charge in [-0.05, 0) is 30.7 Å². The first-order chi connectivity index (χ1) is 13.5. The van der Waals surface area contributed by atoms with Gasteiger partial charge < -0.3 is 20.2 Å². The predicted molar refractivity (Wildman–Crippen MR) is 102 cm³/mol. The molecule has 2 aliphatic heterocycles. The van der Waals surface area contributed by atoms with Crippen LogP contribution in [-0.2, 0) is 0 Å². The Morgan fingerprint density at radius 1 is 1.11 bits per heavy atom. The van der Waals surface area contributed by atoms with E-state index in [4.69, 9.17) is 5.11 Å². The summed E-state index contributed by atoms with van der Waals surface area (Å²) in [5.74, 6) is 0.212. The van der Waals surface area contributed by atoms with Gasteiger partial charge in [-0.3, -0.25) is 4.90 Å². The fraction of sp³-hybridized carbons (Fsp3) is 0.316. The summed E-state index contributed by atoms with van der Waals surface area (Å²) in [4.78, 5) is 33.0. The maximum Gasteiger partial charge on any atom is 0.407 e. The van der Waals surface area contributed by atoms with Gasteiger partial charge in [0.05, 0.1) is 17.6 Å². The number of rotatable bonds is 2. The zero-order valence-electron chi connectivity index (χ0n) is 15.1. The number of anilines is 3. The van der Waals surface area contributed by atoms with Crippen molar-refractivity contribution in [1.29, 1.82) is 0 Å². The van der Waals surface area contributed by atoms with Gasteiger partial charge >= 0.3 is 12.1 Å². The molecular formula is C19H20FN5O3.